The van der Waals surface area contributed by atoms with Gasteiger partial charge in [0, 0.05) is 18.9 Å². The summed E-state index contributed by atoms with van der Waals surface area (Å²) in [6.07, 6.45) is 5.42. The van der Waals surface area contributed by atoms with Crippen LogP contribution in [0.4, 0.5) is 9.59 Å². The SMILES string of the molecule is C=C[C@@H]1C[C@]1(NC(=O)[C@@H]1C[C@@H]2CN1C(=O)[C@H](COC(C)(C)C)NC(=O)OCC(C)(C)CCC=Cc1cccc3c1CN(C3)C(=O)O2)C(=O)NS(=O)(=O)C1CC1. The van der Waals surface area contributed by atoms with Crippen LogP contribution in [-0.2, 0) is 51.7 Å². The summed E-state index contributed by atoms with van der Waals surface area (Å²) in [5, 5.41) is 4.70. The Balaban J connectivity index is 1.29. The maximum absolute atomic E-state index is 14.5. The second-order valence-corrected chi connectivity index (χ2v) is 19.0. The van der Waals surface area contributed by atoms with Crippen LogP contribution >= 0.6 is 0 Å². The van der Waals surface area contributed by atoms with Gasteiger partial charge in [-0.2, -0.15) is 0 Å². The van der Waals surface area contributed by atoms with Crippen LogP contribution in [0.15, 0.2) is 36.9 Å². The predicted octanol–water partition coefficient (Wildman–Crippen LogP) is 3.52. The van der Waals surface area contributed by atoms with Crippen LogP contribution in [0.2, 0.25) is 0 Å². The first-order valence-electron chi connectivity index (χ1n) is 18.9. The van der Waals surface area contributed by atoms with Gasteiger partial charge in [-0.25, -0.2) is 18.0 Å². The second kappa shape index (κ2) is 15.2. The number of benzene rings is 1. The molecule has 3 N–H and O–H groups in total. The van der Waals surface area contributed by atoms with Gasteiger partial charge < -0.3 is 29.7 Å². The molecule has 3 heterocycles. The van der Waals surface area contributed by atoms with Gasteiger partial charge in [0.05, 0.1) is 37.2 Å². The molecule has 2 saturated carbocycles. The van der Waals surface area contributed by atoms with Gasteiger partial charge in [-0.3, -0.25) is 24.0 Å². The first-order chi connectivity index (χ1) is 25.8. The van der Waals surface area contributed by atoms with E-state index in [2.05, 4.69) is 28.0 Å². The molecule has 0 unspecified atom stereocenters. The van der Waals surface area contributed by atoms with Crippen molar-refractivity contribution < 1.29 is 46.6 Å². The lowest BCUT2D eigenvalue weighted by atomic mass is 9.88. The number of carbonyl (C=O) groups is 5. The van der Waals surface area contributed by atoms with Crippen molar-refractivity contribution in [3.05, 3.63) is 53.6 Å². The Hall–Kier alpha value is -4.44. The average Bonchev–Trinajstić information content (AvgIpc) is 4.00. The van der Waals surface area contributed by atoms with E-state index in [1.54, 1.807) is 25.7 Å². The average molecular weight is 784 g/mol. The third kappa shape index (κ3) is 9.34. The number of amides is 5. The Kier molecular flexibility index (Phi) is 11.1. The zero-order chi connectivity index (χ0) is 39.9. The number of sulfonamides is 1. The van der Waals surface area contributed by atoms with E-state index in [1.807, 2.05) is 38.1 Å². The molecule has 3 aliphatic heterocycles. The summed E-state index contributed by atoms with van der Waals surface area (Å²) in [6, 6.07) is 3.32. The molecule has 4 bridgehead atoms. The Morgan fingerprint density at radius 1 is 1.15 bits per heavy atom. The van der Waals surface area contributed by atoms with Gasteiger partial charge in [-0.1, -0.05) is 50.3 Å². The standard InChI is InChI=1S/C39H53N5O10S/c1-7-26-18-39(26,34(47)42-55(50,51)28-14-15-28)41-32(45)31-17-27-20-44(31)33(46)30(22-53-37(2,3)4)40-35(48)52-23-38(5,6)16-9-8-11-24-12-10-13-25-19-43(21-29(24)25)36(49)54-27/h7-8,10-13,26-28,30-31H,1,9,14-23H2,2-6H3,(H,40,48)(H,41,45)(H,42,47)/t26-,27-,30+,31+,39-/m1/s1. The molecule has 16 heteroatoms. The molecule has 2 aliphatic carbocycles. The molecule has 55 heavy (non-hydrogen) atoms. The van der Waals surface area contributed by atoms with Crippen molar-refractivity contribution >= 4 is 46.0 Å². The Morgan fingerprint density at radius 3 is 2.56 bits per heavy atom. The van der Waals surface area contributed by atoms with Crippen LogP contribution in [0.5, 0.6) is 0 Å². The van der Waals surface area contributed by atoms with Crippen molar-refractivity contribution in [2.75, 3.05) is 19.8 Å². The smallest absolute Gasteiger partial charge is 0.410 e. The van der Waals surface area contributed by atoms with Gasteiger partial charge in [0.2, 0.25) is 21.8 Å². The maximum Gasteiger partial charge on any atom is 0.410 e. The number of ether oxygens (including phenoxy) is 3. The van der Waals surface area contributed by atoms with Crippen molar-refractivity contribution in [2.45, 2.75) is 121 Å². The number of nitrogens with zero attached hydrogens (tertiary/aromatic N) is 2. The third-order valence-electron chi connectivity index (χ3n) is 10.8. The lowest BCUT2D eigenvalue weighted by Crippen LogP contribution is -2.59. The molecular formula is C39H53N5O10S. The highest BCUT2D eigenvalue weighted by molar-refractivity contribution is 7.91. The summed E-state index contributed by atoms with van der Waals surface area (Å²) in [6.45, 7) is 13.3. The minimum atomic E-state index is -3.93. The van der Waals surface area contributed by atoms with Crippen molar-refractivity contribution in [1.82, 2.24) is 25.2 Å². The van der Waals surface area contributed by atoms with Gasteiger partial charge in [0.1, 0.15) is 23.7 Å². The summed E-state index contributed by atoms with van der Waals surface area (Å²) < 4.78 is 45.1. The molecule has 5 aliphatic rings. The van der Waals surface area contributed by atoms with Crippen LogP contribution in [0.3, 0.4) is 0 Å². The molecule has 1 aromatic carbocycles. The molecule has 0 aromatic heterocycles. The lowest BCUT2D eigenvalue weighted by Gasteiger charge is -2.31. The highest BCUT2D eigenvalue weighted by Gasteiger charge is 2.62. The molecule has 5 amide bonds. The van der Waals surface area contributed by atoms with Crippen LogP contribution in [-0.4, -0.2) is 102 Å². The van der Waals surface area contributed by atoms with Crippen LogP contribution < -0.4 is 15.4 Å². The molecule has 15 nitrogen and oxygen atoms in total. The van der Waals surface area contributed by atoms with E-state index in [0.717, 1.165) is 16.7 Å². The molecule has 1 saturated heterocycles. The summed E-state index contributed by atoms with van der Waals surface area (Å²) in [4.78, 5) is 71.9. The van der Waals surface area contributed by atoms with Gasteiger partial charge in [0.15, 0.2) is 0 Å². The quantitative estimate of drug-likeness (QED) is 0.329. The Labute approximate surface area is 322 Å². The normalized spacial score (nSPS) is 28.4. The maximum atomic E-state index is 14.5. The molecule has 0 radical (unpaired) electrons. The van der Waals surface area contributed by atoms with E-state index in [4.69, 9.17) is 14.2 Å². The number of rotatable bonds is 8. The molecule has 300 valence electrons. The largest absolute Gasteiger partial charge is 0.449 e. The molecule has 1 aromatic rings. The second-order valence-electron chi connectivity index (χ2n) is 17.1. The first-order valence-corrected chi connectivity index (χ1v) is 20.5. The van der Waals surface area contributed by atoms with E-state index in [-0.39, 0.29) is 32.6 Å². The van der Waals surface area contributed by atoms with Crippen molar-refractivity contribution in [3.8, 4) is 0 Å². The van der Waals surface area contributed by atoms with E-state index < -0.39 is 85.8 Å². The minimum absolute atomic E-state index is 0.0707. The van der Waals surface area contributed by atoms with Crippen molar-refractivity contribution in [1.29, 1.82) is 0 Å². The number of alkyl carbamates (subject to hydrolysis) is 1. The fraction of sp³-hybridized carbons (Fsp3) is 0.615. The molecule has 6 rings (SSSR count). The summed E-state index contributed by atoms with van der Waals surface area (Å²) in [7, 11) is -3.93. The van der Waals surface area contributed by atoms with E-state index in [9.17, 15) is 32.4 Å². The van der Waals surface area contributed by atoms with Crippen molar-refractivity contribution in [3.63, 3.8) is 0 Å². The molecular weight excluding hydrogens is 731 g/mol. The molecule has 3 fully saturated rings. The van der Waals surface area contributed by atoms with E-state index in [1.165, 1.54) is 11.0 Å². The van der Waals surface area contributed by atoms with Gasteiger partial charge in [-0.05, 0) is 75.0 Å². The molecule has 5 atom stereocenters. The minimum Gasteiger partial charge on any atom is -0.449 e. The zero-order valence-corrected chi connectivity index (χ0v) is 33.0. The zero-order valence-electron chi connectivity index (χ0n) is 32.2. The van der Waals surface area contributed by atoms with Crippen LogP contribution in [0.25, 0.3) is 6.08 Å². The van der Waals surface area contributed by atoms with Gasteiger partial charge in [0.25, 0.3) is 5.91 Å². The monoisotopic (exact) mass is 783 g/mol. The highest BCUT2D eigenvalue weighted by atomic mass is 32.2. The van der Waals surface area contributed by atoms with Crippen LogP contribution in [0, 0.1) is 11.3 Å². The number of allylic oxidation sites excluding steroid dienone is 1. The number of nitrogens with one attached hydrogen (secondary N) is 3. The van der Waals surface area contributed by atoms with E-state index >= 15 is 0 Å². The first kappa shape index (κ1) is 40.2. The van der Waals surface area contributed by atoms with E-state index in [0.29, 0.717) is 38.8 Å². The number of cyclic esters (lactones) is 1. The number of fused-ring (bicyclic) bond motifs is 3. The summed E-state index contributed by atoms with van der Waals surface area (Å²) >= 11 is 0. The van der Waals surface area contributed by atoms with Gasteiger partial charge >= 0.3 is 12.2 Å². The fourth-order valence-corrected chi connectivity index (χ4v) is 8.62. The Morgan fingerprint density at radius 2 is 1.89 bits per heavy atom. The van der Waals surface area contributed by atoms with Crippen molar-refractivity contribution in [2.24, 2.45) is 11.3 Å². The summed E-state index contributed by atoms with van der Waals surface area (Å²) in [5.74, 6) is -2.89. The fourth-order valence-electron chi connectivity index (χ4n) is 7.25. The van der Waals surface area contributed by atoms with Crippen LogP contribution in [0.1, 0.15) is 89.8 Å². The lowest BCUT2D eigenvalue weighted by molar-refractivity contribution is -0.143. The number of hydrogen-bond acceptors (Lipinski definition) is 10. The predicted molar refractivity (Wildman–Crippen MR) is 201 cm³/mol. The Bertz CT molecular complexity index is 1870. The topological polar surface area (TPSA) is 190 Å². The molecule has 0 spiro atoms. The third-order valence-corrected chi connectivity index (χ3v) is 12.6. The van der Waals surface area contributed by atoms with Gasteiger partial charge in [-0.15, -0.1) is 6.58 Å². The number of carbonyl (C=O) groups excluding carboxylic acids is 5. The highest BCUT2D eigenvalue weighted by Crippen LogP contribution is 2.45. The summed E-state index contributed by atoms with van der Waals surface area (Å²) in [5.41, 5.74) is 0.253. The number of hydrogen-bond donors (Lipinski definition) is 3.